The number of rotatable bonds is 4. The van der Waals surface area contributed by atoms with Crippen molar-refractivity contribution in [3.05, 3.63) is 28.2 Å². The first-order valence-electron chi connectivity index (χ1n) is 6.71. The summed E-state index contributed by atoms with van der Waals surface area (Å²) in [5.74, 6) is -0.787. The topological polar surface area (TPSA) is 89.9 Å². The van der Waals surface area contributed by atoms with Gasteiger partial charge in [-0.1, -0.05) is 6.07 Å². The second-order valence-corrected chi connectivity index (χ2v) is 5.87. The number of anilines is 1. The second-order valence-electron chi connectivity index (χ2n) is 5.01. The van der Waals surface area contributed by atoms with Crippen LogP contribution in [0.25, 0.3) is 0 Å². The van der Waals surface area contributed by atoms with Crippen LogP contribution >= 0.6 is 15.9 Å². The highest BCUT2D eigenvalue weighted by Gasteiger charge is 2.27. The normalized spacial score (nSPS) is 17.8. The van der Waals surface area contributed by atoms with Gasteiger partial charge >= 0.3 is 12.0 Å². The van der Waals surface area contributed by atoms with Gasteiger partial charge in [-0.05, 0) is 46.8 Å². The summed E-state index contributed by atoms with van der Waals surface area (Å²) in [6, 6.07) is 4.42. The van der Waals surface area contributed by atoms with E-state index in [2.05, 4.69) is 21.2 Å². The van der Waals surface area contributed by atoms with Crippen LogP contribution in [0.1, 0.15) is 23.2 Å². The van der Waals surface area contributed by atoms with Crippen molar-refractivity contribution in [3.8, 4) is 0 Å². The van der Waals surface area contributed by atoms with Gasteiger partial charge in [0.05, 0.1) is 11.3 Å². The molecule has 1 unspecified atom stereocenters. The summed E-state index contributed by atoms with van der Waals surface area (Å²) >= 11 is 3.26. The van der Waals surface area contributed by atoms with Gasteiger partial charge in [-0.3, -0.25) is 0 Å². The molecule has 1 heterocycles. The smallest absolute Gasteiger partial charge is 0.337 e. The molecule has 0 saturated carbocycles. The Bertz CT molecular complexity index is 550. The van der Waals surface area contributed by atoms with Gasteiger partial charge in [-0.15, -0.1) is 0 Å². The zero-order valence-electron chi connectivity index (χ0n) is 11.4. The van der Waals surface area contributed by atoms with Crippen molar-refractivity contribution in [1.29, 1.82) is 0 Å². The number of para-hydroxylation sites is 1. The van der Waals surface area contributed by atoms with Crippen LogP contribution in [0.4, 0.5) is 10.5 Å². The van der Waals surface area contributed by atoms with E-state index in [9.17, 15) is 9.59 Å². The molecular formula is C14H17BrN2O4. The number of carboxylic acids is 1. The minimum absolute atomic E-state index is 0.0452. The molecule has 6 nitrogen and oxygen atoms in total. The van der Waals surface area contributed by atoms with Gasteiger partial charge in [0, 0.05) is 24.2 Å². The van der Waals surface area contributed by atoms with Crippen molar-refractivity contribution in [1.82, 2.24) is 4.90 Å². The Morgan fingerprint density at radius 3 is 2.86 bits per heavy atom. The zero-order chi connectivity index (χ0) is 15.4. The standard InChI is InChI=1S/C14H17BrN2O4/c15-11-3-1-2-10(13(19)20)12(11)16-14(21)17-6-4-9(8-17)5-7-18/h1-3,9,18H,4-8H2,(H,16,21)(H,19,20). The molecule has 21 heavy (non-hydrogen) atoms. The summed E-state index contributed by atoms with van der Waals surface area (Å²) in [5, 5.41) is 20.8. The van der Waals surface area contributed by atoms with Gasteiger partial charge in [0.2, 0.25) is 0 Å². The minimum atomic E-state index is -1.09. The lowest BCUT2D eigenvalue weighted by molar-refractivity contribution is 0.0698. The van der Waals surface area contributed by atoms with E-state index in [0.29, 0.717) is 29.9 Å². The summed E-state index contributed by atoms with van der Waals surface area (Å²) in [5.41, 5.74) is 0.310. The zero-order valence-corrected chi connectivity index (χ0v) is 13.0. The van der Waals surface area contributed by atoms with E-state index in [1.165, 1.54) is 6.07 Å². The Balaban J connectivity index is 2.09. The van der Waals surface area contributed by atoms with E-state index in [-0.39, 0.29) is 23.9 Å². The second kappa shape index (κ2) is 6.91. The number of likely N-dealkylation sites (tertiary alicyclic amines) is 1. The highest BCUT2D eigenvalue weighted by molar-refractivity contribution is 9.10. The molecule has 0 aliphatic carbocycles. The van der Waals surface area contributed by atoms with Gasteiger partial charge < -0.3 is 20.4 Å². The first-order valence-corrected chi connectivity index (χ1v) is 7.50. The van der Waals surface area contributed by atoms with Crippen LogP contribution in [0.5, 0.6) is 0 Å². The largest absolute Gasteiger partial charge is 0.478 e. The average Bonchev–Trinajstić information content (AvgIpc) is 2.90. The van der Waals surface area contributed by atoms with E-state index < -0.39 is 5.97 Å². The highest BCUT2D eigenvalue weighted by atomic mass is 79.9. The monoisotopic (exact) mass is 356 g/mol. The molecule has 1 aliphatic heterocycles. The quantitative estimate of drug-likeness (QED) is 0.772. The molecule has 7 heteroatoms. The Morgan fingerprint density at radius 2 is 2.19 bits per heavy atom. The van der Waals surface area contributed by atoms with Gasteiger partial charge in [0.15, 0.2) is 0 Å². The molecule has 114 valence electrons. The Labute approximate surface area is 130 Å². The van der Waals surface area contributed by atoms with Crippen LogP contribution in [0, 0.1) is 5.92 Å². The molecule has 1 atom stereocenters. The van der Waals surface area contributed by atoms with Crippen LogP contribution < -0.4 is 5.32 Å². The summed E-state index contributed by atoms with van der Waals surface area (Å²) in [6.07, 6.45) is 1.54. The molecular weight excluding hydrogens is 340 g/mol. The molecule has 1 saturated heterocycles. The number of carboxylic acid groups (broad SMARTS) is 1. The third-order valence-electron chi connectivity index (χ3n) is 3.59. The van der Waals surface area contributed by atoms with Gasteiger partial charge in [-0.25, -0.2) is 9.59 Å². The van der Waals surface area contributed by atoms with E-state index in [1.54, 1.807) is 17.0 Å². The number of aliphatic hydroxyl groups is 1. The molecule has 1 aliphatic rings. The van der Waals surface area contributed by atoms with Crippen molar-refractivity contribution in [3.63, 3.8) is 0 Å². The number of hydrogen-bond acceptors (Lipinski definition) is 3. The number of nitrogens with zero attached hydrogens (tertiary/aromatic N) is 1. The van der Waals surface area contributed by atoms with Gasteiger partial charge in [0.25, 0.3) is 0 Å². The van der Waals surface area contributed by atoms with Crippen molar-refractivity contribution in [2.45, 2.75) is 12.8 Å². The summed E-state index contributed by atoms with van der Waals surface area (Å²) in [4.78, 5) is 25.1. The molecule has 0 radical (unpaired) electrons. The third kappa shape index (κ3) is 3.74. The van der Waals surface area contributed by atoms with Gasteiger partial charge in [-0.2, -0.15) is 0 Å². The van der Waals surface area contributed by atoms with Crippen LogP contribution in [0.2, 0.25) is 0 Å². The fourth-order valence-corrected chi connectivity index (χ4v) is 2.92. The molecule has 1 fully saturated rings. The first-order chi connectivity index (χ1) is 10.0. The van der Waals surface area contributed by atoms with Crippen LogP contribution in [-0.2, 0) is 0 Å². The maximum Gasteiger partial charge on any atom is 0.337 e. The lowest BCUT2D eigenvalue weighted by Crippen LogP contribution is -2.33. The highest BCUT2D eigenvalue weighted by Crippen LogP contribution is 2.28. The lowest BCUT2D eigenvalue weighted by atomic mass is 10.1. The first kappa shape index (κ1) is 15.8. The third-order valence-corrected chi connectivity index (χ3v) is 4.25. The fraction of sp³-hybridized carbons (Fsp3) is 0.429. The van der Waals surface area contributed by atoms with E-state index in [1.807, 2.05) is 0 Å². The Hall–Kier alpha value is -1.60. The Morgan fingerprint density at radius 1 is 1.43 bits per heavy atom. The predicted molar refractivity (Wildman–Crippen MR) is 81.5 cm³/mol. The number of benzene rings is 1. The minimum Gasteiger partial charge on any atom is -0.478 e. The molecule has 0 aromatic heterocycles. The number of carbonyl (C=O) groups is 2. The van der Waals surface area contributed by atoms with Crippen LogP contribution in [0.3, 0.4) is 0 Å². The summed E-state index contributed by atoms with van der Waals surface area (Å²) in [6.45, 7) is 1.32. The molecule has 2 rings (SSSR count). The van der Waals surface area contributed by atoms with Gasteiger partial charge in [0.1, 0.15) is 0 Å². The van der Waals surface area contributed by atoms with E-state index in [0.717, 1.165) is 6.42 Å². The number of aliphatic hydroxyl groups excluding tert-OH is 1. The fourth-order valence-electron chi connectivity index (χ4n) is 2.45. The number of carbonyl (C=O) groups excluding carboxylic acids is 1. The molecule has 3 N–H and O–H groups in total. The van der Waals surface area contributed by atoms with Crippen molar-refractivity contribution >= 4 is 33.6 Å². The van der Waals surface area contributed by atoms with Crippen molar-refractivity contribution < 1.29 is 19.8 Å². The number of nitrogens with one attached hydrogen (secondary N) is 1. The summed E-state index contributed by atoms with van der Waals surface area (Å²) < 4.78 is 0.529. The average molecular weight is 357 g/mol. The lowest BCUT2D eigenvalue weighted by Gasteiger charge is -2.19. The SMILES string of the molecule is O=C(O)c1cccc(Br)c1NC(=O)N1CCC(CCO)C1. The Kier molecular flexibility index (Phi) is 5.19. The number of aromatic carboxylic acids is 1. The summed E-state index contributed by atoms with van der Waals surface area (Å²) in [7, 11) is 0. The number of hydrogen-bond donors (Lipinski definition) is 3. The van der Waals surface area contributed by atoms with E-state index in [4.69, 9.17) is 10.2 Å². The van der Waals surface area contributed by atoms with Crippen molar-refractivity contribution in [2.24, 2.45) is 5.92 Å². The molecule has 2 amide bonds. The molecule has 0 bridgehead atoms. The predicted octanol–water partition coefficient (Wildman–Crippen LogP) is 2.38. The molecule has 1 aromatic rings. The maximum atomic E-state index is 12.2. The molecule has 1 aromatic carbocycles. The number of halogens is 1. The number of amides is 2. The van der Waals surface area contributed by atoms with Crippen LogP contribution in [-0.4, -0.2) is 46.8 Å². The number of urea groups is 1. The van der Waals surface area contributed by atoms with E-state index >= 15 is 0 Å². The van der Waals surface area contributed by atoms with Crippen LogP contribution in [0.15, 0.2) is 22.7 Å². The maximum absolute atomic E-state index is 12.2. The van der Waals surface area contributed by atoms with Crippen molar-refractivity contribution in [2.75, 3.05) is 25.0 Å². The molecule has 0 spiro atoms.